The molecule has 0 aliphatic rings. The quantitative estimate of drug-likeness (QED) is 0.611. The molecule has 27 heavy (non-hydrogen) atoms. The molecule has 140 valence electrons. The second kappa shape index (κ2) is 7.58. The molecule has 0 aliphatic carbocycles. The van der Waals surface area contributed by atoms with E-state index in [1.807, 2.05) is 0 Å². The van der Waals surface area contributed by atoms with Gasteiger partial charge in [0, 0.05) is 6.54 Å². The van der Waals surface area contributed by atoms with Crippen molar-refractivity contribution in [1.82, 2.24) is 4.57 Å². The molecular weight excluding hydrogens is 387 g/mol. The van der Waals surface area contributed by atoms with Crippen LogP contribution in [0.15, 0.2) is 65.0 Å². The Hall–Kier alpha value is -2.58. The van der Waals surface area contributed by atoms with Gasteiger partial charge < -0.3 is 4.57 Å². The molecule has 1 amide bonds. The summed E-state index contributed by atoms with van der Waals surface area (Å²) in [5.74, 6) is -1.16. The molecule has 1 heterocycles. The number of benzene rings is 2. The molecule has 0 spiro atoms. The van der Waals surface area contributed by atoms with Crippen LogP contribution in [0.3, 0.4) is 0 Å². The molecular formula is C19H17FN2O3S2. The van der Waals surface area contributed by atoms with Gasteiger partial charge in [0.2, 0.25) is 0 Å². The van der Waals surface area contributed by atoms with E-state index in [1.54, 1.807) is 28.8 Å². The predicted molar refractivity (Wildman–Crippen MR) is 104 cm³/mol. The van der Waals surface area contributed by atoms with Crippen LogP contribution in [0.25, 0.3) is 10.2 Å². The number of aromatic nitrogens is 1. The van der Waals surface area contributed by atoms with Crippen LogP contribution in [0.4, 0.5) is 4.39 Å². The van der Waals surface area contributed by atoms with E-state index in [0.29, 0.717) is 16.0 Å². The Balaban J connectivity index is 2.20. The first-order valence-electron chi connectivity index (χ1n) is 8.18. The predicted octanol–water partition coefficient (Wildman–Crippen LogP) is 3.56. The van der Waals surface area contributed by atoms with Crippen LogP contribution in [0.5, 0.6) is 0 Å². The van der Waals surface area contributed by atoms with Crippen molar-refractivity contribution in [2.24, 2.45) is 4.99 Å². The molecule has 1 aromatic heterocycles. The van der Waals surface area contributed by atoms with Gasteiger partial charge in [-0.05, 0) is 30.3 Å². The highest BCUT2D eigenvalue weighted by molar-refractivity contribution is 7.91. The van der Waals surface area contributed by atoms with Gasteiger partial charge in [-0.2, -0.15) is 4.99 Å². The molecule has 0 aliphatic heterocycles. The van der Waals surface area contributed by atoms with Crippen molar-refractivity contribution in [1.29, 1.82) is 0 Å². The zero-order valence-corrected chi connectivity index (χ0v) is 16.2. The van der Waals surface area contributed by atoms with Crippen molar-refractivity contribution >= 4 is 37.3 Å². The Morgan fingerprint density at radius 3 is 2.74 bits per heavy atom. The number of nitrogens with zero attached hydrogens (tertiary/aromatic N) is 2. The minimum Gasteiger partial charge on any atom is -0.312 e. The van der Waals surface area contributed by atoms with E-state index in [2.05, 4.69) is 11.6 Å². The average Bonchev–Trinajstić information content (AvgIpc) is 2.98. The first-order valence-corrected chi connectivity index (χ1v) is 10.6. The first-order chi connectivity index (χ1) is 12.9. The Morgan fingerprint density at radius 1 is 1.30 bits per heavy atom. The maximum Gasteiger partial charge on any atom is 0.280 e. The standard InChI is InChI=1S/C19H17FN2O3S2/c1-3-11-22-15-10-9-13(20)12-16(15)26-19(22)21-18(23)14-7-5-6-8-17(14)27(24,25)4-2/h3,5-10,12H,1,4,11H2,2H3. The van der Waals surface area contributed by atoms with E-state index < -0.39 is 15.7 Å². The fraction of sp³-hybridized carbons (Fsp3) is 0.158. The van der Waals surface area contributed by atoms with Crippen LogP contribution in [0.1, 0.15) is 17.3 Å². The summed E-state index contributed by atoms with van der Waals surface area (Å²) in [4.78, 5) is 17.2. The van der Waals surface area contributed by atoms with E-state index in [1.165, 1.54) is 31.2 Å². The molecule has 3 rings (SSSR count). The summed E-state index contributed by atoms with van der Waals surface area (Å²) < 4.78 is 40.5. The van der Waals surface area contributed by atoms with Crippen molar-refractivity contribution in [2.75, 3.05) is 5.75 Å². The third-order valence-electron chi connectivity index (χ3n) is 3.99. The van der Waals surface area contributed by atoms with Gasteiger partial charge >= 0.3 is 0 Å². The monoisotopic (exact) mass is 404 g/mol. The molecule has 2 aromatic carbocycles. The Bertz CT molecular complexity index is 1210. The first kappa shape index (κ1) is 19.2. The van der Waals surface area contributed by atoms with Crippen LogP contribution < -0.4 is 4.80 Å². The molecule has 3 aromatic rings. The van der Waals surface area contributed by atoms with Crippen LogP contribution in [-0.4, -0.2) is 24.6 Å². The highest BCUT2D eigenvalue weighted by Crippen LogP contribution is 2.20. The fourth-order valence-corrected chi connectivity index (χ4v) is 4.80. The lowest BCUT2D eigenvalue weighted by Crippen LogP contribution is -2.17. The maximum atomic E-state index is 13.5. The molecule has 0 bridgehead atoms. The minimum absolute atomic E-state index is 0.0214. The SMILES string of the molecule is C=CCn1c(=NC(=O)c2ccccc2S(=O)(=O)CC)sc2cc(F)ccc21. The van der Waals surface area contributed by atoms with E-state index in [-0.39, 0.29) is 22.0 Å². The highest BCUT2D eigenvalue weighted by Gasteiger charge is 2.20. The van der Waals surface area contributed by atoms with Gasteiger partial charge in [0.25, 0.3) is 5.91 Å². The number of hydrogen-bond donors (Lipinski definition) is 0. The van der Waals surface area contributed by atoms with Crippen molar-refractivity contribution in [3.63, 3.8) is 0 Å². The number of rotatable bonds is 5. The number of allylic oxidation sites excluding steroid dienone is 1. The second-order valence-corrected chi connectivity index (χ2v) is 8.97. The molecule has 0 unspecified atom stereocenters. The minimum atomic E-state index is -3.57. The maximum absolute atomic E-state index is 13.5. The summed E-state index contributed by atoms with van der Waals surface area (Å²) in [6.45, 7) is 5.60. The number of thiazole rings is 1. The summed E-state index contributed by atoms with van der Waals surface area (Å²) >= 11 is 1.16. The Morgan fingerprint density at radius 2 is 2.04 bits per heavy atom. The Labute approximate surface area is 160 Å². The van der Waals surface area contributed by atoms with Gasteiger partial charge in [0.15, 0.2) is 14.6 Å². The molecule has 0 N–H and O–H groups in total. The number of carbonyl (C=O) groups is 1. The molecule has 0 radical (unpaired) electrons. The average molecular weight is 404 g/mol. The molecule has 0 saturated heterocycles. The summed E-state index contributed by atoms with van der Waals surface area (Å²) in [6.07, 6.45) is 1.65. The third kappa shape index (κ3) is 3.77. The number of fused-ring (bicyclic) bond motifs is 1. The van der Waals surface area contributed by atoms with E-state index in [0.717, 1.165) is 16.9 Å². The van der Waals surface area contributed by atoms with Gasteiger partial charge in [-0.1, -0.05) is 36.5 Å². The molecule has 0 atom stereocenters. The third-order valence-corrected chi connectivity index (χ3v) is 6.81. The van der Waals surface area contributed by atoms with Gasteiger partial charge in [-0.15, -0.1) is 6.58 Å². The highest BCUT2D eigenvalue weighted by atomic mass is 32.2. The number of halogens is 1. The zero-order valence-electron chi connectivity index (χ0n) is 14.6. The summed E-state index contributed by atoms with van der Waals surface area (Å²) in [5.41, 5.74) is 0.746. The van der Waals surface area contributed by atoms with E-state index in [9.17, 15) is 17.6 Å². The largest absolute Gasteiger partial charge is 0.312 e. The molecule has 5 nitrogen and oxygen atoms in total. The lowest BCUT2D eigenvalue weighted by molar-refractivity contribution is 0.0994. The lowest BCUT2D eigenvalue weighted by Gasteiger charge is -2.06. The van der Waals surface area contributed by atoms with E-state index in [4.69, 9.17) is 0 Å². The number of hydrogen-bond acceptors (Lipinski definition) is 4. The molecule has 8 heteroatoms. The van der Waals surface area contributed by atoms with Gasteiger partial charge in [-0.3, -0.25) is 4.79 Å². The smallest absolute Gasteiger partial charge is 0.280 e. The topological polar surface area (TPSA) is 68.5 Å². The normalized spacial score (nSPS) is 12.4. The summed E-state index contributed by atoms with van der Waals surface area (Å²) in [6, 6.07) is 10.3. The Kier molecular flexibility index (Phi) is 5.38. The van der Waals surface area contributed by atoms with Crippen LogP contribution in [-0.2, 0) is 16.4 Å². The van der Waals surface area contributed by atoms with Crippen LogP contribution >= 0.6 is 11.3 Å². The van der Waals surface area contributed by atoms with Crippen molar-refractivity contribution in [3.05, 3.63) is 71.3 Å². The van der Waals surface area contributed by atoms with Crippen molar-refractivity contribution in [3.8, 4) is 0 Å². The lowest BCUT2D eigenvalue weighted by atomic mass is 10.2. The van der Waals surface area contributed by atoms with Crippen LogP contribution in [0, 0.1) is 5.82 Å². The number of carbonyl (C=O) groups excluding carboxylic acids is 1. The second-order valence-electron chi connectivity index (χ2n) is 5.71. The zero-order chi connectivity index (χ0) is 19.6. The fourth-order valence-electron chi connectivity index (χ4n) is 2.66. The summed E-state index contributed by atoms with van der Waals surface area (Å²) in [7, 11) is -3.57. The summed E-state index contributed by atoms with van der Waals surface area (Å²) in [5, 5.41) is 0. The molecule has 0 saturated carbocycles. The van der Waals surface area contributed by atoms with E-state index >= 15 is 0 Å². The van der Waals surface area contributed by atoms with Gasteiger partial charge in [0.05, 0.1) is 26.4 Å². The van der Waals surface area contributed by atoms with Crippen LogP contribution in [0.2, 0.25) is 0 Å². The van der Waals surface area contributed by atoms with Gasteiger partial charge in [0.1, 0.15) is 5.82 Å². The molecule has 0 fully saturated rings. The van der Waals surface area contributed by atoms with Crippen molar-refractivity contribution in [2.45, 2.75) is 18.4 Å². The number of sulfone groups is 1. The number of amides is 1. The van der Waals surface area contributed by atoms with Gasteiger partial charge in [-0.25, -0.2) is 12.8 Å². The van der Waals surface area contributed by atoms with Crippen molar-refractivity contribution < 1.29 is 17.6 Å².